The van der Waals surface area contributed by atoms with E-state index in [9.17, 15) is 4.39 Å². The second-order valence-corrected chi connectivity index (χ2v) is 5.77. The summed E-state index contributed by atoms with van der Waals surface area (Å²) >= 11 is 6.28. The molecule has 3 rings (SSSR count). The smallest absolute Gasteiger partial charge is 0.249 e. The summed E-state index contributed by atoms with van der Waals surface area (Å²) in [5.41, 5.74) is 3.36. The SMILES string of the molecule is Cc1cc(C)c(Nc2nncc(Nc3cccc(F)c3)n2)c(Cl)c1. The first-order valence-corrected chi connectivity index (χ1v) is 7.65. The molecule has 0 aliphatic rings. The average molecular weight is 344 g/mol. The van der Waals surface area contributed by atoms with E-state index in [4.69, 9.17) is 11.6 Å². The van der Waals surface area contributed by atoms with Gasteiger partial charge in [0.25, 0.3) is 0 Å². The lowest BCUT2D eigenvalue weighted by atomic mass is 10.1. The first-order chi connectivity index (χ1) is 11.5. The molecule has 0 unspecified atom stereocenters. The number of halogens is 2. The van der Waals surface area contributed by atoms with Crippen molar-refractivity contribution in [1.29, 1.82) is 0 Å². The van der Waals surface area contributed by atoms with Crippen molar-refractivity contribution >= 4 is 34.7 Å². The standard InChI is InChI=1S/C17H15ClFN5/c1-10-6-11(2)16(14(18)7-10)23-17-22-15(9-20-24-17)21-13-5-3-4-12(19)8-13/h3-9H,1-2H3,(H2,21,22,23,24). The lowest BCUT2D eigenvalue weighted by Crippen LogP contribution is -2.04. The van der Waals surface area contributed by atoms with Gasteiger partial charge in [-0.3, -0.25) is 0 Å². The third-order valence-electron chi connectivity index (χ3n) is 3.32. The van der Waals surface area contributed by atoms with Crippen LogP contribution in [0.15, 0.2) is 42.6 Å². The molecule has 0 saturated heterocycles. The van der Waals surface area contributed by atoms with Gasteiger partial charge in [-0.2, -0.15) is 10.1 Å². The van der Waals surface area contributed by atoms with E-state index in [0.29, 0.717) is 22.5 Å². The number of nitrogens with one attached hydrogen (secondary N) is 2. The van der Waals surface area contributed by atoms with Crippen LogP contribution in [-0.2, 0) is 0 Å². The van der Waals surface area contributed by atoms with E-state index in [0.717, 1.165) is 16.8 Å². The van der Waals surface area contributed by atoms with Gasteiger partial charge in [-0.15, -0.1) is 5.10 Å². The van der Waals surface area contributed by atoms with E-state index in [1.54, 1.807) is 12.1 Å². The summed E-state index contributed by atoms with van der Waals surface area (Å²) in [6.07, 6.45) is 1.46. The Kier molecular flexibility index (Phi) is 4.57. The third-order valence-corrected chi connectivity index (χ3v) is 3.62. The molecule has 0 aliphatic heterocycles. The fourth-order valence-corrected chi connectivity index (χ4v) is 2.69. The van der Waals surface area contributed by atoms with Crippen molar-refractivity contribution in [2.75, 3.05) is 10.6 Å². The molecule has 0 radical (unpaired) electrons. The van der Waals surface area contributed by atoms with Crippen molar-refractivity contribution in [1.82, 2.24) is 15.2 Å². The Balaban J connectivity index is 1.83. The summed E-state index contributed by atoms with van der Waals surface area (Å²) in [7, 11) is 0. The van der Waals surface area contributed by atoms with Gasteiger partial charge in [-0.25, -0.2) is 4.39 Å². The number of benzene rings is 2. The summed E-state index contributed by atoms with van der Waals surface area (Å²) in [6, 6.07) is 9.96. The predicted molar refractivity (Wildman–Crippen MR) is 93.7 cm³/mol. The molecule has 24 heavy (non-hydrogen) atoms. The topological polar surface area (TPSA) is 62.7 Å². The number of rotatable bonds is 4. The van der Waals surface area contributed by atoms with E-state index < -0.39 is 0 Å². The molecule has 1 heterocycles. The first kappa shape index (κ1) is 16.1. The summed E-state index contributed by atoms with van der Waals surface area (Å²) in [5.74, 6) is 0.409. The van der Waals surface area contributed by atoms with E-state index in [1.807, 2.05) is 26.0 Å². The van der Waals surface area contributed by atoms with Crippen LogP contribution < -0.4 is 10.6 Å². The average Bonchev–Trinajstić information content (AvgIpc) is 2.51. The molecule has 122 valence electrons. The number of hydrogen-bond donors (Lipinski definition) is 2. The molecule has 0 spiro atoms. The Morgan fingerprint density at radius 2 is 1.92 bits per heavy atom. The van der Waals surface area contributed by atoms with Gasteiger partial charge in [0.1, 0.15) is 5.82 Å². The van der Waals surface area contributed by atoms with E-state index >= 15 is 0 Å². The zero-order valence-electron chi connectivity index (χ0n) is 13.1. The van der Waals surface area contributed by atoms with Crippen molar-refractivity contribution in [3.05, 3.63) is 64.6 Å². The number of anilines is 4. The molecule has 0 bridgehead atoms. The number of aromatic nitrogens is 3. The molecule has 5 nitrogen and oxygen atoms in total. The third kappa shape index (κ3) is 3.78. The highest BCUT2D eigenvalue weighted by Gasteiger charge is 2.08. The van der Waals surface area contributed by atoms with Crippen LogP contribution in [0.2, 0.25) is 5.02 Å². The fraction of sp³-hybridized carbons (Fsp3) is 0.118. The quantitative estimate of drug-likeness (QED) is 0.714. The molecule has 0 aliphatic carbocycles. The van der Waals surface area contributed by atoms with E-state index in [2.05, 4.69) is 25.8 Å². The second-order valence-electron chi connectivity index (χ2n) is 5.36. The molecular formula is C17H15ClFN5. The van der Waals surface area contributed by atoms with Gasteiger partial charge in [0.05, 0.1) is 16.9 Å². The van der Waals surface area contributed by atoms with Crippen LogP contribution in [0.25, 0.3) is 0 Å². The van der Waals surface area contributed by atoms with Crippen molar-refractivity contribution in [3.63, 3.8) is 0 Å². The Morgan fingerprint density at radius 3 is 2.67 bits per heavy atom. The summed E-state index contributed by atoms with van der Waals surface area (Å²) in [5, 5.41) is 14.5. The molecule has 3 aromatic rings. The van der Waals surface area contributed by atoms with Crippen LogP contribution in [0.5, 0.6) is 0 Å². The number of aryl methyl sites for hydroxylation is 2. The summed E-state index contributed by atoms with van der Waals surface area (Å²) in [6.45, 7) is 3.92. The summed E-state index contributed by atoms with van der Waals surface area (Å²) < 4.78 is 13.2. The van der Waals surface area contributed by atoms with E-state index in [-0.39, 0.29) is 5.82 Å². The van der Waals surface area contributed by atoms with Gasteiger partial charge < -0.3 is 10.6 Å². The number of nitrogens with zero attached hydrogens (tertiary/aromatic N) is 3. The maximum Gasteiger partial charge on any atom is 0.249 e. The molecule has 0 amide bonds. The fourth-order valence-electron chi connectivity index (χ4n) is 2.32. The van der Waals surface area contributed by atoms with Crippen LogP contribution in [0.3, 0.4) is 0 Å². The van der Waals surface area contributed by atoms with Crippen LogP contribution >= 0.6 is 11.6 Å². The minimum atomic E-state index is -0.331. The maximum atomic E-state index is 13.2. The Labute approximate surface area is 143 Å². The molecule has 0 saturated carbocycles. The Morgan fingerprint density at radius 1 is 1.08 bits per heavy atom. The lowest BCUT2D eigenvalue weighted by Gasteiger charge is -2.12. The highest BCUT2D eigenvalue weighted by atomic mass is 35.5. The van der Waals surface area contributed by atoms with Crippen molar-refractivity contribution in [2.24, 2.45) is 0 Å². The van der Waals surface area contributed by atoms with Crippen LogP contribution in [0, 0.1) is 19.7 Å². The zero-order valence-corrected chi connectivity index (χ0v) is 13.9. The Hall–Kier alpha value is -2.73. The highest BCUT2D eigenvalue weighted by molar-refractivity contribution is 6.33. The van der Waals surface area contributed by atoms with Crippen molar-refractivity contribution < 1.29 is 4.39 Å². The molecule has 0 atom stereocenters. The van der Waals surface area contributed by atoms with Crippen molar-refractivity contribution in [3.8, 4) is 0 Å². The van der Waals surface area contributed by atoms with Gasteiger partial charge in [0.2, 0.25) is 5.95 Å². The zero-order chi connectivity index (χ0) is 17.1. The van der Waals surface area contributed by atoms with Gasteiger partial charge in [-0.1, -0.05) is 23.7 Å². The molecular weight excluding hydrogens is 329 g/mol. The van der Waals surface area contributed by atoms with Gasteiger partial charge >= 0.3 is 0 Å². The van der Waals surface area contributed by atoms with Gasteiger partial charge in [0, 0.05) is 5.69 Å². The van der Waals surface area contributed by atoms with E-state index in [1.165, 1.54) is 18.3 Å². The largest absolute Gasteiger partial charge is 0.339 e. The Bertz CT molecular complexity index is 861. The van der Waals surface area contributed by atoms with Crippen molar-refractivity contribution in [2.45, 2.75) is 13.8 Å². The molecule has 2 N–H and O–H groups in total. The summed E-state index contributed by atoms with van der Waals surface area (Å²) in [4.78, 5) is 4.32. The number of hydrogen-bond acceptors (Lipinski definition) is 5. The predicted octanol–water partition coefficient (Wildman–Crippen LogP) is 4.77. The molecule has 7 heteroatoms. The highest BCUT2D eigenvalue weighted by Crippen LogP contribution is 2.29. The molecule has 1 aromatic heterocycles. The monoisotopic (exact) mass is 343 g/mol. The minimum Gasteiger partial charge on any atom is -0.339 e. The lowest BCUT2D eigenvalue weighted by molar-refractivity contribution is 0.628. The molecule has 0 fully saturated rings. The minimum absolute atomic E-state index is 0.297. The first-order valence-electron chi connectivity index (χ1n) is 7.27. The van der Waals surface area contributed by atoms with Crippen LogP contribution in [0.1, 0.15) is 11.1 Å². The molecule has 2 aromatic carbocycles. The van der Waals surface area contributed by atoms with Crippen LogP contribution in [0.4, 0.5) is 27.5 Å². The van der Waals surface area contributed by atoms with Crippen LogP contribution in [-0.4, -0.2) is 15.2 Å². The second kappa shape index (κ2) is 6.80. The normalized spacial score (nSPS) is 10.5. The van der Waals surface area contributed by atoms with Gasteiger partial charge in [-0.05, 0) is 49.2 Å². The maximum absolute atomic E-state index is 13.2. The van der Waals surface area contributed by atoms with Gasteiger partial charge in [0.15, 0.2) is 5.82 Å².